The molecule has 9 nitrogen and oxygen atoms in total. The van der Waals surface area contributed by atoms with Gasteiger partial charge in [-0.05, 0) is 54.8 Å². The van der Waals surface area contributed by atoms with E-state index in [1.807, 2.05) is 24.3 Å². The first-order valence-corrected chi connectivity index (χ1v) is 10.8. The average Bonchev–Trinajstić information content (AvgIpc) is 2.77. The van der Waals surface area contributed by atoms with E-state index in [4.69, 9.17) is 14.7 Å². The molecule has 0 aromatic heterocycles. The highest BCUT2D eigenvalue weighted by Gasteiger charge is 2.40. The smallest absolute Gasteiger partial charge is 0.261 e. The van der Waals surface area contributed by atoms with E-state index in [0.717, 1.165) is 9.87 Å². The van der Waals surface area contributed by atoms with E-state index in [0.29, 0.717) is 11.5 Å². The van der Waals surface area contributed by atoms with Gasteiger partial charge in [-0.15, -0.1) is 0 Å². The van der Waals surface area contributed by atoms with Crippen LogP contribution < -0.4 is 15.0 Å². The molecule has 1 amide bonds. The van der Waals surface area contributed by atoms with Crippen molar-refractivity contribution in [3.63, 3.8) is 0 Å². The van der Waals surface area contributed by atoms with Gasteiger partial charge in [-0.2, -0.15) is 4.31 Å². The number of rotatable bonds is 7. The zero-order valence-electron chi connectivity index (χ0n) is 16.4. The molecule has 2 aromatic rings. The first kappa shape index (κ1) is 22.0. The lowest BCUT2D eigenvalue weighted by atomic mass is 10.0. The number of piperidine rings is 1. The van der Waals surface area contributed by atoms with Gasteiger partial charge < -0.3 is 14.6 Å². The Bertz CT molecular complexity index is 979. The molecule has 0 unspecified atom stereocenters. The molecule has 0 saturated carbocycles. The quantitative estimate of drug-likeness (QED) is 0.441. The second-order valence-electron chi connectivity index (χ2n) is 6.90. The summed E-state index contributed by atoms with van der Waals surface area (Å²) in [5.41, 5.74) is 2.37. The number of nitrogens with zero attached hydrogens (tertiary/aromatic N) is 1. The van der Waals surface area contributed by atoms with Crippen molar-refractivity contribution in [2.45, 2.75) is 36.5 Å². The lowest BCUT2D eigenvalue weighted by Gasteiger charge is -2.35. The summed E-state index contributed by atoms with van der Waals surface area (Å²) in [7, 11) is -2.42. The number of methoxy groups -OCH3 is 1. The van der Waals surface area contributed by atoms with Crippen molar-refractivity contribution in [1.29, 1.82) is 0 Å². The van der Waals surface area contributed by atoms with Crippen molar-refractivity contribution in [2.75, 3.05) is 13.7 Å². The Balaban J connectivity index is 1.73. The molecular formula is C20H24N2O7S. The van der Waals surface area contributed by atoms with Crippen molar-refractivity contribution < 1.29 is 33.0 Å². The minimum Gasteiger partial charge on any atom is -0.497 e. The summed E-state index contributed by atoms with van der Waals surface area (Å²) in [4.78, 5) is 11.9. The molecule has 0 spiro atoms. The number of hydrogen-bond donors (Lipinski definition) is 3. The second kappa shape index (κ2) is 9.43. The van der Waals surface area contributed by atoms with E-state index >= 15 is 0 Å². The fourth-order valence-electron chi connectivity index (χ4n) is 3.30. The van der Waals surface area contributed by atoms with Crippen molar-refractivity contribution in [2.24, 2.45) is 0 Å². The second-order valence-corrected chi connectivity index (χ2v) is 8.79. The molecule has 1 aliphatic heterocycles. The molecule has 1 saturated heterocycles. The fraction of sp³-hybridized carbons (Fsp3) is 0.350. The first-order valence-electron chi connectivity index (χ1n) is 9.35. The molecule has 3 N–H and O–H groups in total. The van der Waals surface area contributed by atoms with Gasteiger partial charge in [0.1, 0.15) is 24.1 Å². The number of hydroxylamine groups is 1. The third kappa shape index (κ3) is 4.90. The van der Waals surface area contributed by atoms with Crippen molar-refractivity contribution in [3.8, 4) is 11.5 Å². The van der Waals surface area contributed by atoms with Gasteiger partial charge in [-0.1, -0.05) is 12.1 Å². The zero-order chi connectivity index (χ0) is 21.7. The van der Waals surface area contributed by atoms with E-state index < -0.39 is 28.1 Å². The maximum absolute atomic E-state index is 13.0. The van der Waals surface area contributed by atoms with Gasteiger partial charge >= 0.3 is 0 Å². The molecular weight excluding hydrogens is 412 g/mol. The molecule has 1 heterocycles. The lowest BCUT2D eigenvalue weighted by Crippen LogP contribution is -2.54. The molecule has 1 fully saturated rings. The summed E-state index contributed by atoms with van der Waals surface area (Å²) in [6, 6.07) is 12.1. The maximum Gasteiger partial charge on any atom is 0.261 e. The van der Waals surface area contributed by atoms with Crippen LogP contribution in [-0.2, 0) is 21.4 Å². The topological polar surface area (TPSA) is 125 Å². The number of sulfonamides is 1. The van der Waals surface area contributed by atoms with Crippen LogP contribution in [0.25, 0.3) is 0 Å². The monoisotopic (exact) mass is 436 g/mol. The highest BCUT2D eigenvalue weighted by atomic mass is 32.2. The summed E-state index contributed by atoms with van der Waals surface area (Å²) in [6.45, 7) is 0.252. The molecule has 162 valence electrons. The van der Waals surface area contributed by atoms with E-state index in [-0.39, 0.29) is 30.9 Å². The van der Waals surface area contributed by atoms with Gasteiger partial charge in [0.25, 0.3) is 5.91 Å². The van der Waals surface area contributed by atoms with E-state index in [9.17, 15) is 18.3 Å². The van der Waals surface area contributed by atoms with Crippen molar-refractivity contribution >= 4 is 15.9 Å². The Labute approximate surface area is 174 Å². The predicted octanol–water partition coefficient (Wildman–Crippen LogP) is 1.29. The normalized spacial score (nSPS) is 19.8. The van der Waals surface area contributed by atoms with Crippen LogP contribution in [-0.4, -0.2) is 54.7 Å². The summed E-state index contributed by atoms with van der Waals surface area (Å²) >= 11 is 0. The minimum atomic E-state index is -4.00. The van der Waals surface area contributed by atoms with Crippen LogP contribution >= 0.6 is 0 Å². The largest absolute Gasteiger partial charge is 0.497 e. The van der Waals surface area contributed by atoms with Crippen LogP contribution in [0.4, 0.5) is 0 Å². The van der Waals surface area contributed by atoms with Crippen LogP contribution in [0.5, 0.6) is 11.5 Å². The standard InChI is InChI=1S/C20H24N2O7S/c1-28-17-4-2-3-14(11-17)13-29-16-5-7-18(8-6-16)30(26,27)22-10-9-15(23)12-19(22)20(24)21-25/h2-8,11,15,19,23,25H,9-10,12-13H2,1H3,(H,21,24)/t15-,19+/m0/s1. The number of nitrogens with one attached hydrogen (secondary N) is 1. The van der Waals surface area contributed by atoms with E-state index in [1.165, 1.54) is 29.7 Å². The summed E-state index contributed by atoms with van der Waals surface area (Å²) in [5.74, 6) is 0.316. The SMILES string of the molecule is COc1cccc(COc2ccc(S(=O)(=O)N3CC[C@H](O)C[C@@H]3C(=O)NO)cc2)c1. The number of ether oxygens (including phenoxy) is 2. The number of hydrogen-bond acceptors (Lipinski definition) is 7. The van der Waals surface area contributed by atoms with Gasteiger partial charge in [-0.25, -0.2) is 13.9 Å². The van der Waals surface area contributed by atoms with Crippen LogP contribution in [0.15, 0.2) is 53.4 Å². The Morgan fingerprint density at radius 1 is 1.20 bits per heavy atom. The Hall–Kier alpha value is -2.66. The minimum absolute atomic E-state index is 0.0108. The number of amides is 1. The predicted molar refractivity (Wildman–Crippen MR) is 107 cm³/mol. The molecule has 3 rings (SSSR count). The van der Waals surface area contributed by atoms with Gasteiger partial charge in [-0.3, -0.25) is 10.0 Å². The lowest BCUT2D eigenvalue weighted by molar-refractivity contribution is -0.135. The van der Waals surface area contributed by atoms with Gasteiger partial charge in [0, 0.05) is 6.54 Å². The Morgan fingerprint density at radius 2 is 1.93 bits per heavy atom. The fourth-order valence-corrected chi connectivity index (χ4v) is 4.91. The highest BCUT2D eigenvalue weighted by Crippen LogP contribution is 2.27. The van der Waals surface area contributed by atoms with Crippen LogP contribution in [0, 0.1) is 0 Å². The third-order valence-corrected chi connectivity index (χ3v) is 6.83. The van der Waals surface area contributed by atoms with Crippen molar-refractivity contribution in [1.82, 2.24) is 9.79 Å². The number of benzene rings is 2. The Kier molecular flexibility index (Phi) is 6.93. The molecule has 30 heavy (non-hydrogen) atoms. The molecule has 0 aliphatic carbocycles. The summed E-state index contributed by atoms with van der Waals surface area (Å²) in [6.07, 6.45) is -0.699. The number of aliphatic hydroxyl groups is 1. The molecule has 1 aliphatic rings. The molecule has 10 heteroatoms. The van der Waals surface area contributed by atoms with Gasteiger partial charge in [0.15, 0.2) is 0 Å². The molecule has 0 radical (unpaired) electrons. The van der Waals surface area contributed by atoms with Crippen LogP contribution in [0.3, 0.4) is 0 Å². The number of carbonyl (C=O) groups is 1. The summed E-state index contributed by atoms with van der Waals surface area (Å²) in [5, 5.41) is 18.7. The third-order valence-electron chi connectivity index (χ3n) is 4.91. The first-order chi connectivity index (χ1) is 14.3. The van der Waals surface area contributed by atoms with Crippen LogP contribution in [0.2, 0.25) is 0 Å². The molecule has 2 atom stereocenters. The van der Waals surface area contributed by atoms with Gasteiger partial charge in [0.2, 0.25) is 10.0 Å². The van der Waals surface area contributed by atoms with E-state index in [2.05, 4.69) is 0 Å². The molecule has 0 bridgehead atoms. The maximum atomic E-state index is 13.0. The summed E-state index contributed by atoms with van der Waals surface area (Å²) < 4.78 is 37.9. The zero-order valence-corrected chi connectivity index (χ0v) is 17.2. The number of carbonyl (C=O) groups excluding carboxylic acids is 1. The average molecular weight is 436 g/mol. The highest BCUT2D eigenvalue weighted by molar-refractivity contribution is 7.89. The van der Waals surface area contributed by atoms with E-state index in [1.54, 1.807) is 7.11 Å². The van der Waals surface area contributed by atoms with Crippen LogP contribution in [0.1, 0.15) is 18.4 Å². The molecule has 2 aromatic carbocycles. The number of aliphatic hydroxyl groups excluding tert-OH is 1. The van der Waals surface area contributed by atoms with Gasteiger partial charge in [0.05, 0.1) is 18.1 Å². The van der Waals surface area contributed by atoms with Crippen molar-refractivity contribution in [3.05, 3.63) is 54.1 Å². The Morgan fingerprint density at radius 3 is 2.60 bits per heavy atom.